The highest BCUT2D eigenvalue weighted by atomic mass is 16.3. The lowest BCUT2D eigenvalue weighted by Gasteiger charge is -2.29. The van der Waals surface area contributed by atoms with Crippen molar-refractivity contribution in [2.24, 2.45) is 5.92 Å². The van der Waals surface area contributed by atoms with Crippen molar-refractivity contribution >= 4 is 0 Å². The summed E-state index contributed by atoms with van der Waals surface area (Å²) in [6.07, 6.45) is 5.68. The zero-order chi connectivity index (χ0) is 12.5. The lowest BCUT2D eigenvalue weighted by molar-refractivity contribution is 0.0821. The second-order valence-corrected chi connectivity index (χ2v) is 5.31. The summed E-state index contributed by atoms with van der Waals surface area (Å²) in [6.45, 7) is 10.2. The van der Waals surface area contributed by atoms with Gasteiger partial charge in [-0.3, -0.25) is 0 Å². The fraction of sp³-hybridized carbons (Fsp3) is 1.00. The van der Waals surface area contributed by atoms with Crippen molar-refractivity contribution in [3.8, 4) is 0 Å². The Balaban J connectivity index is 1.93. The van der Waals surface area contributed by atoms with Crippen LogP contribution in [0.15, 0.2) is 0 Å². The molecule has 0 saturated carbocycles. The van der Waals surface area contributed by atoms with Gasteiger partial charge in [0.05, 0.1) is 6.10 Å². The molecule has 17 heavy (non-hydrogen) atoms. The molecule has 0 aromatic heterocycles. The van der Waals surface area contributed by atoms with E-state index in [2.05, 4.69) is 24.1 Å². The summed E-state index contributed by atoms with van der Waals surface area (Å²) < 4.78 is 0. The van der Waals surface area contributed by atoms with E-state index in [1.54, 1.807) is 0 Å². The molecule has 0 aliphatic carbocycles. The summed E-state index contributed by atoms with van der Waals surface area (Å²) in [5.41, 5.74) is 0. The molecule has 1 heterocycles. The van der Waals surface area contributed by atoms with E-state index in [9.17, 15) is 5.11 Å². The molecule has 0 atom stereocenters. The predicted octanol–water partition coefficient (Wildman–Crippen LogP) is 1.86. The Morgan fingerprint density at radius 1 is 1.24 bits per heavy atom. The highest BCUT2D eigenvalue weighted by molar-refractivity contribution is 4.71. The van der Waals surface area contributed by atoms with E-state index >= 15 is 0 Å². The molecule has 1 fully saturated rings. The average molecular weight is 242 g/mol. The van der Waals surface area contributed by atoms with Gasteiger partial charge >= 0.3 is 0 Å². The minimum atomic E-state index is -0.0424. The lowest BCUT2D eigenvalue weighted by atomic mass is 10.0. The molecular weight excluding hydrogens is 212 g/mol. The summed E-state index contributed by atoms with van der Waals surface area (Å²) in [4.78, 5) is 2.48. The molecule has 2 N–H and O–H groups in total. The molecule has 1 saturated heterocycles. The van der Waals surface area contributed by atoms with E-state index in [1.165, 1.54) is 32.4 Å². The van der Waals surface area contributed by atoms with Crippen LogP contribution >= 0.6 is 0 Å². The van der Waals surface area contributed by atoms with Crippen LogP contribution in [-0.2, 0) is 0 Å². The van der Waals surface area contributed by atoms with Crippen molar-refractivity contribution in [1.29, 1.82) is 0 Å². The molecule has 0 aromatic carbocycles. The number of likely N-dealkylation sites (tertiary alicyclic amines) is 1. The first-order chi connectivity index (χ1) is 8.26. The summed E-state index contributed by atoms with van der Waals surface area (Å²) in [5, 5.41) is 13.0. The summed E-state index contributed by atoms with van der Waals surface area (Å²) in [5.74, 6) is 0.847. The maximum absolute atomic E-state index is 9.41. The summed E-state index contributed by atoms with van der Waals surface area (Å²) in [6, 6.07) is 0. The minimum Gasteiger partial charge on any atom is -0.393 e. The van der Waals surface area contributed by atoms with Crippen molar-refractivity contribution in [1.82, 2.24) is 10.2 Å². The number of piperidine rings is 1. The molecule has 0 amide bonds. The van der Waals surface area contributed by atoms with Crippen LogP contribution in [0.3, 0.4) is 0 Å². The van der Waals surface area contributed by atoms with Gasteiger partial charge in [-0.25, -0.2) is 0 Å². The quantitative estimate of drug-likeness (QED) is 0.638. The molecule has 0 unspecified atom stereocenters. The second kappa shape index (κ2) is 8.90. The molecule has 0 spiro atoms. The average Bonchev–Trinajstić information content (AvgIpc) is 2.36. The lowest BCUT2D eigenvalue weighted by Crippen LogP contribution is -2.37. The molecule has 1 rings (SSSR count). The van der Waals surface area contributed by atoms with E-state index in [0.29, 0.717) is 0 Å². The van der Waals surface area contributed by atoms with Gasteiger partial charge in [0.15, 0.2) is 0 Å². The molecule has 3 heteroatoms. The fourth-order valence-corrected chi connectivity index (χ4v) is 2.45. The van der Waals surface area contributed by atoms with Crippen LogP contribution in [0, 0.1) is 5.92 Å². The second-order valence-electron chi connectivity index (χ2n) is 5.31. The fourth-order valence-electron chi connectivity index (χ4n) is 2.45. The predicted molar refractivity (Wildman–Crippen MR) is 73.2 cm³/mol. The van der Waals surface area contributed by atoms with Gasteiger partial charge in [-0.2, -0.15) is 0 Å². The Morgan fingerprint density at radius 3 is 2.47 bits per heavy atom. The zero-order valence-corrected chi connectivity index (χ0v) is 11.6. The third-order valence-electron chi connectivity index (χ3n) is 3.97. The molecule has 102 valence electrons. The van der Waals surface area contributed by atoms with Gasteiger partial charge in [0.25, 0.3) is 0 Å². The highest BCUT2D eigenvalue weighted by Gasteiger charge is 2.15. The monoisotopic (exact) mass is 242 g/mol. The van der Waals surface area contributed by atoms with Gasteiger partial charge in [0.1, 0.15) is 0 Å². The summed E-state index contributed by atoms with van der Waals surface area (Å²) >= 11 is 0. The Morgan fingerprint density at radius 2 is 1.88 bits per heavy atom. The first-order valence-electron chi connectivity index (χ1n) is 7.37. The van der Waals surface area contributed by atoms with Gasteiger partial charge in [-0.05, 0) is 44.8 Å². The standard InChI is InChI=1S/C14H30N2O/c1-3-13(4-2)12-15-8-5-9-16-10-6-14(17)7-11-16/h13-15,17H,3-12H2,1-2H3. The minimum absolute atomic E-state index is 0.0424. The van der Waals surface area contributed by atoms with Crippen molar-refractivity contribution < 1.29 is 5.11 Å². The number of hydrogen-bond acceptors (Lipinski definition) is 3. The van der Waals surface area contributed by atoms with E-state index < -0.39 is 0 Å². The Kier molecular flexibility index (Phi) is 7.82. The van der Waals surface area contributed by atoms with Gasteiger partial charge in [0.2, 0.25) is 0 Å². The number of hydrogen-bond donors (Lipinski definition) is 2. The Labute approximate surface area is 107 Å². The maximum atomic E-state index is 9.41. The SMILES string of the molecule is CCC(CC)CNCCCN1CCC(O)CC1. The van der Waals surface area contributed by atoms with E-state index in [1.807, 2.05) is 0 Å². The van der Waals surface area contributed by atoms with Gasteiger partial charge in [-0.1, -0.05) is 26.7 Å². The van der Waals surface area contributed by atoms with Crippen molar-refractivity contribution in [3.63, 3.8) is 0 Å². The van der Waals surface area contributed by atoms with Crippen molar-refractivity contribution in [2.45, 2.75) is 52.1 Å². The molecule has 0 aromatic rings. The van der Waals surface area contributed by atoms with Crippen LogP contribution in [-0.4, -0.2) is 48.8 Å². The number of rotatable bonds is 8. The van der Waals surface area contributed by atoms with Crippen LogP contribution in [0.5, 0.6) is 0 Å². The number of aliphatic hydroxyl groups excluding tert-OH is 1. The molecule has 3 nitrogen and oxygen atoms in total. The number of aliphatic hydroxyl groups is 1. The van der Waals surface area contributed by atoms with Gasteiger partial charge < -0.3 is 15.3 Å². The number of nitrogens with zero attached hydrogens (tertiary/aromatic N) is 1. The van der Waals surface area contributed by atoms with Gasteiger partial charge in [0, 0.05) is 13.1 Å². The normalized spacial score (nSPS) is 19.1. The third-order valence-corrected chi connectivity index (χ3v) is 3.97. The number of nitrogens with one attached hydrogen (secondary N) is 1. The Hall–Kier alpha value is -0.120. The van der Waals surface area contributed by atoms with Crippen LogP contribution < -0.4 is 5.32 Å². The topological polar surface area (TPSA) is 35.5 Å². The molecule has 0 radical (unpaired) electrons. The van der Waals surface area contributed by atoms with E-state index in [0.717, 1.165) is 38.4 Å². The van der Waals surface area contributed by atoms with Crippen molar-refractivity contribution in [2.75, 3.05) is 32.7 Å². The molecular formula is C14H30N2O. The van der Waals surface area contributed by atoms with Crippen LogP contribution in [0.4, 0.5) is 0 Å². The first kappa shape index (κ1) is 14.9. The first-order valence-corrected chi connectivity index (χ1v) is 7.37. The molecule has 1 aliphatic heterocycles. The van der Waals surface area contributed by atoms with Crippen LogP contribution in [0.25, 0.3) is 0 Å². The maximum Gasteiger partial charge on any atom is 0.0564 e. The van der Waals surface area contributed by atoms with E-state index in [4.69, 9.17) is 0 Å². The third kappa shape index (κ3) is 6.39. The largest absolute Gasteiger partial charge is 0.393 e. The highest BCUT2D eigenvalue weighted by Crippen LogP contribution is 2.09. The smallest absolute Gasteiger partial charge is 0.0564 e. The van der Waals surface area contributed by atoms with Crippen LogP contribution in [0.1, 0.15) is 46.0 Å². The van der Waals surface area contributed by atoms with Crippen molar-refractivity contribution in [3.05, 3.63) is 0 Å². The van der Waals surface area contributed by atoms with Gasteiger partial charge in [-0.15, -0.1) is 0 Å². The molecule has 1 aliphatic rings. The molecule has 0 bridgehead atoms. The zero-order valence-electron chi connectivity index (χ0n) is 11.6. The van der Waals surface area contributed by atoms with E-state index in [-0.39, 0.29) is 6.10 Å². The Bertz CT molecular complexity index is 175. The summed E-state index contributed by atoms with van der Waals surface area (Å²) in [7, 11) is 0. The van der Waals surface area contributed by atoms with Crippen LogP contribution in [0.2, 0.25) is 0 Å².